The van der Waals surface area contributed by atoms with Gasteiger partial charge in [0.1, 0.15) is 12.6 Å². The fourth-order valence-corrected chi connectivity index (χ4v) is 7.10. The summed E-state index contributed by atoms with van der Waals surface area (Å²) in [4.78, 5) is 30.0. The van der Waals surface area contributed by atoms with Gasteiger partial charge < -0.3 is 10.2 Å². The van der Waals surface area contributed by atoms with E-state index in [1.165, 1.54) is 17.0 Å². The Labute approximate surface area is 282 Å². The summed E-state index contributed by atoms with van der Waals surface area (Å²) in [7, 11) is -4.19. The molecule has 0 unspecified atom stereocenters. The van der Waals surface area contributed by atoms with Crippen LogP contribution in [0.1, 0.15) is 36.1 Å². The Hall–Kier alpha value is -3.85. The molecule has 46 heavy (non-hydrogen) atoms. The minimum absolute atomic E-state index is 0.0468. The molecule has 4 aromatic rings. The molecule has 0 radical (unpaired) electrons. The first kappa shape index (κ1) is 35.0. The molecule has 0 aliphatic heterocycles. The zero-order valence-electron chi connectivity index (χ0n) is 26.4. The molecule has 0 saturated carbocycles. The number of sulfonamides is 1. The van der Waals surface area contributed by atoms with Crippen LogP contribution in [0.3, 0.4) is 0 Å². The van der Waals surface area contributed by atoms with E-state index < -0.39 is 28.5 Å². The molecule has 1 atom stereocenters. The molecule has 2 amide bonds. The first-order chi connectivity index (χ1) is 21.9. The SMILES string of the molecule is Cc1ccc(N(CC(=O)N(Cc2ccc(Cl)cc2Cl)[C@H](Cc2ccccc2)C(=O)NCC(C)C)S(=O)(=O)c2ccccc2)c(C)c1. The number of amides is 2. The summed E-state index contributed by atoms with van der Waals surface area (Å²) in [5.41, 5.74) is 3.42. The number of nitrogens with zero attached hydrogens (tertiary/aromatic N) is 2. The smallest absolute Gasteiger partial charge is 0.264 e. The van der Waals surface area contributed by atoms with Crippen molar-refractivity contribution < 1.29 is 18.0 Å². The standard InChI is InChI=1S/C36H39Cl2N3O4S/c1-25(2)22-39-36(43)34(20-28-11-7-5-8-12-28)40(23-29-16-17-30(37)21-32(29)38)35(42)24-41(33-18-15-26(3)19-27(33)4)46(44,45)31-13-9-6-10-14-31/h5-19,21,25,34H,20,22-24H2,1-4H3,(H,39,43)/t34-/m1/s1. The highest BCUT2D eigenvalue weighted by Gasteiger charge is 2.35. The highest BCUT2D eigenvalue weighted by Crippen LogP contribution is 2.29. The fraction of sp³-hybridized carbons (Fsp3) is 0.278. The monoisotopic (exact) mass is 679 g/mol. The predicted octanol–water partition coefficient (Wildman–Crippen LogP) is 7.22. The molecule has 0 aliphatic carbocycles. The zero-order valence-corrected chi connectivity index (χ0v) is 28.7. The van der Waals surface area contributed by atoms with E-state index in [-0.39, 0.29) is 29.7 Å². The predicted molar refractivity (Wildman–Crippen MR) is 186 cm³/mol. The molecule has 7 nitrogen and oxygen atoms in total. The molecule has 1 N–H and O–H groups in total. The van der Waals surface area contributed by atoms with E-state index in [2.05, 4.69) is 5.32 Å². The van der Waals surface area contributed by atoms with E-state index >= 15 is 0 Å². The molecule has 0 saturated heterocycles. The normalized spacial score (nSPS) is 12.1. The maximum Gasteiger partial charge on any atom is 0.264 e. The zero-order chi connectivity index (χ0) is 33.4. The van der Waals surface area contributed by atoms with Crippen molar-refractivity contribution in [1.82, 2.24) is 10.2 Å². The van der Waals surface area contributed by atoms with Gasteiger partial charge in [0, 0.05) is 29.6 Å². The van der Waals surface area contributed by atoms with Gasteiger partial charge in [0.15, 0.2) is 0 Å². The van der Waals surface area contributed by atoms with Gasteiger partial charge in [0.2, 0.25) is 11.8 Å². The first-order valence-corrected chi connectivity index (χ1v) is 17.3. The van der Waals surface area contributed by atoms with Crippen LogP contribution < -0.4 is 9.62 Å². The Kier molecular flexibility index (Phi) is 11.9. The molecule has 0 bridgehead atoms. The minimum atomic E-state index is -4.19. The number of nitrogens with one attached hydrogen (secondary N) is 1. The van der Waals surface area contributed by atoms with E-state index in [0.717, 1.165) is 15.4 Å². The molecule has 10 heteroatoms. The summed E-state index contributed by atoms with van der Waals surface area (Å²) in [6, 6.07) is 26.8. The summed E-state index contributed by atoms with van der Waals surface area (Å²) in [6.45, 7) is 7.51. The van der Waals surface area contributed by atoms with Gasteiger partial charge in [-0.05, 0) is 66.8 Å². The quantitative estimate of drug-likeness (QED) is 0.162. The van der Waals surface area contributed by atoms with Gasteiger partial charge in [0.25, 0.3) is 10.0 Å². The van der Waals surface area contributed by atoms with E-state index in [4.69, 9.17) is 23.2 Å². The number of benzene rings is 4. The molecule has 0 fully saturated rings. The highest BCUT2D eigenvalue weighted by molar-refractivity contribution is 7.92. The Morgan fingerprint density at radius 1 is 0.848 bits per heavy atom. The van der Waals surface area contributed by atoms with E-state index in [1.807, 2.05) is 70.2 Å². The van der Waals surface area contributed by atoms with E-state index in [1.54, 1.807) is 42.5 Å². The number of aryl methyl sites for hydroxylation is 2. The lowest BCUT2D eigenvalue weighted by atomic mass is 10.0. The van der Waals surface area contributed by atoms with Gasteiger partial charge in [-0.25, -0.2) is 8.42 Å². The molecular weight excluding hydrogens is 641 g/mol. The Bertz CT molecular complexity index is 1770. The van der Waals surface area contributed by atoms with Crippen molar-refractivity contribution in [2.45, 2.75) is 51.6 Å². The lowest BCUT2D eigenvalue weighted by Gasteiger charge is -2.34. The van der Waals surface area contributed by atoms with Gasteiger partial charge in [-0.1, -0.05) is 109 Å². The number of halogens is 2. The third-order valence-electron chi connectivity index (χ3n) is 7.54. The Balaban J connectivity index is 1.84. The number of carbonyl (C=O) groups excluding carboxylic acids is 2. The number of hydrogen-bond acceptors (Lipinski definition) is 4. The summed E-state index contributed by atoms with van der Waals surface area (Å²) < 4.78 is 29.5. The van der Waals surface area contributed by atoms with Crippen molar-refractivity contribution in [1.29, 1.82) is 0 Å². The second-order valence-electron chi connectivity index (χ2n) is 11.7. The third-order valence-corrected chi connectivity index (χ3v) is 9.90. The molecule has 242 valence electrons. The van der Waals surface area contributed by atoms with Crippen LogP contribution in [-0.2, 0) is 32.6 Å². The number of carbonyl (C=O) groups is 2. The van der Waals surface area contributed by atoms with Gasteiger partial charge in [-0.3, -0.25) is 13.9 Å². The molecule has 0 aliphatic rings. The van der Waals surface area contributed by atoms with Crippen LogP contribution in [0.25, 0.3) is 0 Å². The van der Waals surface area contributed by atoms with Crippen LogP contribution in [0, 0.1) is 19.8 Å². The topological polar surface area (TPSA) is 86.8 Å². The van der Waals surface area contributed by atoms with Crippen LogP contribution in [-0.4, -0.2) is 44.3 Å². The van der Waals surface area contributed by atoms with Crippen molar-refractivity contribution in [2.75, 3.05) is 17.4 Å². The number of rotatable bonds is 13. The van der Waals surface area contributed by atoms with Crippen LogP contribution in [0.15, 0.2) is 102 Å². The molecule has 0 spiro atoms. The second-order valence-corrected chi connectivity index (χ2v) is 14.4. The maximum absolute atomic E-state index is 14.6. The average Bonchev–Trinajstić information content (AvgIpc) is 3.02. The number of anilines is 1. The molecule has 0 aromatic heterocycles. The summed E-state index contributed by atoms with van der Waals surface area (Å²) in [5.74, 6) is -0.738. The van der Waals surface area contributed by atoms with Crippen molar-refractivity contribution in [3.8, 4) is 0 Å². The average molecular weight is 681 g/mol. The van der Waals surface area contributed by atoms with Gasteiger partial charge in [-0.15, -0.1) is 0 Å². The van der Waals surface area contributed by atoms with E-state index in [0.29, 0.717) is 33.4 Å². The Morgan fingerprint density at radius 3 is 2.11 bits per heavy atom. The Morgan fingerprint density at radius 2 is 1.50 bits per heavy atom. The summed E-state index contributed by atoms with van der Waals surface area (Å²) in [5, 5.41) is 3.74. The lowest BCUT2D eigenvalue weighted by Crippen LogP contribution is -2.53. The van der Waals surface area contributed by atoms with Gasteiger partial charge in [-0.2, -0.15) is 0 Å². The maximum atomic E-state index is 14.6. The van der Waals surface area contributed by atoms with Crippen LogP contribution in [0.5, 0.6) is 0 Å². The lowest BCUT2D eigenvalue weighted by molar-refractivity contribution is -0.140. The van der Waals surface area contributed by atoms with Crippen LogP contribution in [0.4, 0.5) is 5.69 Å². The first-order valence-electron chi connectivity index (χ1n) is 15.1. The van der Waals surface area contributed by atoms with Gasteiger partial charge in [0.05, 0.1) is 10.6 Å². The van der Waals surface area contributed by atoms with Crippen molar-refractivity contribution in [3.63, 3.8) is 0 Å². The third kappa shape index (κ3) is 8.90. The summed E-state index contributed by atoms with van der Waals surface area (Å²) in [6.07, 6.45) is 0.205. The van der Waals surface area contributed by atoms with Crippen molar-refractivity contribution in [2.24, 2.45) is 5.92 Å². The molecule has 0 heterocycles. The van der Waals surface area contributed by atoms with Crippen LogP contribution in [0.2, 0.25) is 10.0 Å². The highest BCUT2D eigenvalue weighted by atomic mass is 35.5. The fourth-order valence-electron chi connectivity index (χ4n) is 5.13. The van der Waals surface area contributed by atoms with Crippen molar-refractivity contribution >= 4 is 50.7 Å². The summed E-state index contributed by atoms with van der Waals surface area (Å²) >= 11 is 12.8. The van der Waals surface area contributed by atoms with Gasteiger partial charge >= 0.3 is 0 Å². The minimum Gasteiger partial charge on any atom is -0.354 e. The molecular formula is C36H39Cl2N3O4S. The second kappa shape index (κ2) is 15.6. The van der Waals surface area contributed by atoms with Crippen LogP contribution >= 0.6 is 23.2 Å². The number of hydrogen-bond donors (Lipinski definition) is 1. The van der Waals surface area contributed by atoms with E-state index in [9.17, 15) is 18.0 Å². The largest absolute Gasteiger partial charge is 0.354 e. The molecule has 4 aromatic carbocycles. The van der Waals surface area contributed by atoms with Crippen molar-refractivity contribution in [3.05, 3.63) is 129 Å². The molecule has 4 rings (SSSR count).